The lowest BCUT2D eigenvalue weighted by atomic mass is 10.2. The molecule has 2 N–H and O–H groups in total. The van der Waals surface area contributed by atoms with Gasteiger partial charge in [0.2, 0.25) is 5.95 Å². The van der Waals surface area contributed by atoms with Crippen LogP contribution in [0.25, 0.3) is 0 Å². The van der Waals surface area contributed by atoms with Crippen molar-refractivity contribution in [3.05, 3.63) is 51.3 Å². The molecule has 1 heterocycles. The number of benzene rings is 1. The predicted octanol–water partition coefficient (Wildman–Crippen LogP) is 1.84. The highest BCUT2D eigenvalue weighted by Gasteiger charge is 2.19. The fourth-order valence-corrected chi connectivity index (χ4v) is 1.57. The number of nitrogen functional groups attached to an aromatic ring is 1. The number of rotatable bonds is 3. The summed E-state index contributed by atoms with van der Waals surface area (Å²) in [4.78, 5) is 13.7. The van der Waals surface area contributed by atoms with Gasteiger partial charge in [0, 0.05) is 6.07 Å². The number of nitrogens with zero attached hydrogens (tertiary/aromatic N) is 4. The minimum absolute atomic E-state index is 0.0453. The molecule has 1 aromatic carbocycles. The molecule has 0 spiro atoms. The van der Waals surface area contributed by atoms with E-state index in [0.717, 1.165) is 10.9 Å². The number of aromatic nitrogens is 2. The van der Waals surface area contributed by atoms with Gasteiger partial charge < -0.3 is 5.73 Å². The SMILES string of the molecule is Cc1cn(N=Cc2c(F)cc(F)cc2[N+](=O)[O-])c(N)n1. The van der Waals surface area contributed by atoms with Crippen LogP contribution in [-0.2, 0) is 0 Å². The first-order valence-corrected chi connectivity index (χ1v) is 5.37. The van der Waals surface area contributed by atoms with Crippen LogP contribution in [-0.4, -0.2) is 20.8 Å². The lowest BCUT2D eigenvalue weighted by molar-refractivity contribution is -0.385. The Bertz CT molecular complexity index is 711. The molecule has 0 saturated heterocycles. The van der Waals surface area contributed by atoms with Crippen molar-refractivity contribution in [2.24, 2.45) is 5.10 Å². The van der Waals surface area contributed by atoms with Gasteiger partial charge in [-0.1, -0.05) is 0 Å². The normalized spacial score (nSPS) is 11.2. The molecule has 0 fully saturated rings. The maximum atomic E-state index is 13.6. The zero-order chi connectivity index (χ0) is 14.9. The van der Waals surface area contributed by atoms with Gasteiger partial charge in [-0.3, -0.25) is 10.1 Å². The van der Waals surface area contributed by atoms with Crippen molar-refractivity contribution in [3.8, 4) is 0 Å². The Morgan fingerprint density at radius 2 is 2.20 bits per heavy atom. The quantitative estimate of drug-likeness (QED) is 0.527. The van der Waals surface area contributed by atoms with Crippen molar-refractivity contribution in [3.63, 3.8) is 0 Å². The van der Waals surface area contributed by atoms with E-state index in [2.05, 4.69) is 10.1 Å². The van der Waals surface area contributed by atoms with Crippen molar-refractivity contribution in [2.75, 3.05) is 5.73 Å². The zero-order valence-corrected chi connectivity index (χ0v) is 10.2. The van der Waals surface area contributed by atoms with Gasteiger partial charge in [-0.05, 0) is 6.92 Å². The Morgan fingerprint density at radius 3 is 2.75 bits per heavy atom. The molecule has 0 amide bonds. The minimum Gasteiger partial charge on any atom is -0.368 e. The third kappa shape index (κ3) is 2.60. The van der Waals surface area contributed by atoms with Crippen molar-refractivity contribution in [1.29, 1.82) is 0 Å². The summed E-state index contributed by atoms with van der Waals surface area (Å²) in [6, 6.07) is 1.16. The first kappa shape index (κ1) is 13.6. The number of imidazole rings is 1. The van der Waals surface area contributed by atoms with E-state index in [4.69, 9.17) is 5.73 Å². The van der Waals surface area contributed by atoms with Gasteiger partial charge in [-0.25, -0.2) is 18.4 Å². The fraction of sp³-hybridized carbons (Fsp3) is 0.0909. The lowest BCUT2D eigenvalue weighted by Crippen LogP contribution is -2.02. The van der Waals surface area contributed by atoms with Gasteiger partial charge in [0.25, 0.3) is 5.69 Å². The summed E-state index contributed by atoms with van der Waals surface area (Å²) in [6.45, 7) is 1.67. The van der Waals surface area contributed by atoms with E-state index in [-0.39, 0.29) is 5.95 Å². The van der Waals surface area contributed by atoms with Crippen molar-refractivity contribution in [1.82, 2.24) is 9.66 Å². The van der Waals surface area contributed by atoms with E-state index in [1.165, 1.54) is 6.20 Å². The molecule has 20 heavy (non-hydrogen) atoms. The highest BCUT2D eigenvalue weighted by atomic mass is 19.1. The fourth-order valence-electron chi connectivity index (χ4n) is 1.57. The Balaban J connectivity index is 2.48. The van der Waals surface area contributed by atoms with Crippen LogP contribution in [0, 0.1) is 28.7 Å². The monoisotopic (exact) mass is 281 g/mol. The van der Waals surface area contributed by atoms with Gasteiger partial charge in [0.15, 0.2) is 0 Å². The first-order valence-electron chi connectivity index (χ1n) is 5.37. The molecule has 0 saturated carbocycles. The van der Waals surface area contributed by atoms with Gasteiger partial charge in [0.1, 0.15) is 17.2 Å². The number of nitro benzene ring substituents is 1. The molecular weight excluding hydrogens is 272 g/mol. The van der Waals surface area contributed by atoms with E-state index in [1.807, 2.05) is 0 Å². The van der Waals surface area contributed by atoms with Crippen molar-refractivity contribution in [2.45, 2.75) is 6.92 Å². The molecule has 0 radical (unpaired) electrons. The van der Waals surface area contributed by atoms with Crippen LogP contribution >= 0.6 is 0 Å². The van der Waals surface area contributed by atoms with E-state index in [1.54, 1.807) is 6.92 Å². The minimum atomic E-state index is -1.09. The highest BCUT2D eigenvalue weighted by Crippen LogP contribution is 2.21. The topological polar surface area (TPSA) is 99.3 Å². The molecule has 7 nitrogen and oxygen atoms in total. The van der Waals surface area contributed by atoms with Crippen molar-refractivity contribution < 1.29 is 13.7 Å². The van der Waals surface area contributed by atoms with Gasteiger partial charge in [0.05, 0.1) is 29.1 Å². The van der Waals surface area contributed by atoms with Gasteiger partial charge >= 0.3 is 0 Å². The first-order chi connectivity index (χ1) is 9.38. The number of aryl methyl sites for hydroxylation is 1. The third-order valence-electron chi connectivity index (χ3n) is 2.42. The second-order valence-corrected chi connectivity index (χ2v) is 3.91. The van der Waals surface area contributed by atoms with Gasteiger partial charge in [-0.2, -0.15) is 5.10 Å². The third-order valence-corrected chi connectivity index (χ3v) is 2.42. The molecule has 0 aliphatic rings. The number of hydrogen-bond donors (Lipinski definition) is 1. The van der Waals surface area contributed by atoms with Crippen LogP contribution in [0.1, 0.15) is 11.3 Å². The van der Waals surface area contributed by atoms with Crippen LogP contribution in [0.5, 0.6) is 0 Å². The zero-order valence-electron chi connectivity index (χ0n) is 10.2. The average Bonchev–Trinajstić information content (AvgIpc) is 2.65. The van der Waals surface area contributed by atoms with Crippen molar-refractivity contribution >= 4 is 17.9 Å². The van der Waals surface area contributed by atoms with E-state index in [0.29, 0.717) is 17.8 Å². The molecule has 2 aromatic rings. The lowest BCUT2D eigenvalue weighted by Gasteiger charge is -2.00. The Morgan fingerprint density at radius 1 is 1.50 bits per heavy atom. The van der Waals surface area contributed by atoms with Gasteiger partial charge in [-0.15, -0.1) is 0 Å². The maximum Gasteiger partial charge on any atom is 0.284 e. The van der Waals surface area contributed by atoms with Crippen LogP contribution in [0.2, 0.25) is 0 Å². The molecule has 9 heteroatoms. The molecule has 0 aliphatic carbocycles. The average molecular weight is 281 g/mol. The number of anilines is 1. The molecule has 0 unspecified atom stereocenters. The molecule has 104 valence electrons. The number of halogens is 2. The summed E-state index contributed by atoms with van der Waals surface area (Å²) in [7, 11) is 0. The Labute approximate surface area is 111 Å². The molecule has 2 rings (SSSR count). The molecule has 0 atom stereocenters. The van der Waals surface area contributed by atoms with Crippen LogP contribution in [0.4, 0.5) is 20.4 Å². The Hall–Kier alpha value is -2.84. The summed E-state index contributed by atoms with van der Waals surface area (Å²) in [6.07, 6.45) is 2.35. The Kier molecular flexibility index (Phi) is 3.42. The second-order valence-electron chi connectivity index (χ2n) is 3.91. The van der Waals surface area contributed by atoms with Crippen LogP contribution in [0.15, 0.2) is 23.4 Å². The summed E-state index contributed by atoms with van der Waals surface area (Å²) in [5.41, 5.74) is 4.93. The van der Waals surface area contributed by atoms with E-state index < -0.39 is 27.8 Å². The summed E-state index contributed by atoms with van der Waals surface area (Å²) < 4.78 is 27.7. The molecule has 0 bridgehead atoms. The standard InChI is InChI=1S/C11H9F2N5O2/c1-6-5-17(11(14)16-6)15-4-8-9(13)2-7(12)3-10(8)18(19)20/h2-5H,1H3,(H2,14,16). The highest BCUT2D eigenvalue weighted by molar-refractivity contribution is 5.85. The number of nitro groups is 1. The molecule has 1 aromatic heterocycles. The largest absolute Gasteiger partial charge is 0.368 e. The van der Waals surface area contributed by atoms with Crippen LogP contribution in [0.3, 0.4) is 0 Å². The summed E-state index contributed by atoms with van der Waals surface area (Å²) in [5.74, 6) is -2.08. The number of nitrogens with two attached hydrogens (primary N) is 1. The van der Waals surface area contributed by atoms with Crippen LogP contribution < -0.4 is 5.73 Å². The number of hydrogen-bond acceptors (Lipinski definition) is 5. The van der Waals surface area contributed by atoms with E-state index in [9.17, 15) is 18.9 Å². The van der Waals surface area contributed by atoms with E-state index >= 15 is 0 Å². The summed E-state index contributed by atoms with van der Waals surface area (Å²) in [5, 5.41) is 14.5. The molecule has 0 aliphatic heterocycles. The predicted molar refractivity (Wildman–Crippen MR) is 67.4 cm³/mol. The maximum absolute atomic E-state index is 13.6. The molecular formula is C11H9F2N5O2. The second kappa shape index (κ2) is 5.03. The summed E-state index contributed by atoms with van der Waals surface area (Å²) >= 11 is 0. The smallest absolute Gasteiger partial charge is 0.284 e.